The highest BCUT2D eigenvalue weighted by Crippen LogP contribution is 2.29. The summed E-state index contributed by atoms with van der Waals surface area (Å²) in [4.78, 5) is 13.3. The number of anilines is 2. The number of aliphatic hydroxyl groups excluding tert-OH is 1. The van der Waals surface area contributed by atoms with E-state index in [0.717, 1.165) is 30.1 Å². The fraction of sp³-hybridized carbons (Fsp3) is 0.345. The first-order chi connectivity index (χ1) is 21.1. The maximum absolute atomic E-state index is 14.2. The van der Waals surface area contributed by atoms with Crippen molar-refractivity contribution < 1.29 is 45.7 Å². The van der Waals surface area contributed by atoms with E-state index in [1.54, 1.807) is 12.1 Å². The van der Waals surface area contributed by atoms with E-state index in [0.29, 0.717) is 35.8 Å². The number of piperidine rings is 1. The van der Waals surface area contributed by atoms with Crippen LogP contribution in [0.4, 0.5) is 20.2 Å². The number of hydrogen-bond donors (Lipinski definition) is 5. The van der Waals surface area contributed by atoms with Gasteiger partial charge in [-0.25, -0.2) is 25.6 Å². The molecule has 0 unspecified atom stereocenters. The molecule has 0 saturated carbocycles. The molecule has 3 aromatic rings. The van der Waals surface area contributed by atoms with Crippen molar-refractivity contribution in [2.75, 3.05) is 42.1 Å². The zero-order chi connectivity index (χ0) is 32.9. The van der Waals surface area contributed by atoms with Gasteiger partial charge in [0.2, 0.25) is 20.0 Å². The minimum Gasteiger partial charge on any atom is -0.506 e. The summed E-state index contributed by atoms with van der Waals surface area (Å²) in [6.45, 7) is -0.190. The molecular formula is C29H34F2N4O8S2. The van der Waals surface area contributed by atoms with E-state index in [4.69, 9.17) is 0 Å². The van der Waals surface area contributed by atoms with Crippen LogP contribution in [0.2, 0.25) is 0 Å². The normalized spacial score (nSPS) is 15.3. The zero-order valence-electron chi connectivity index (χ0n) is 24.2. The van der Waals surface area contributed by atoms with Crippen molar-refractivity contribution in [3.05, 3.63) is 83.4 Å². The second kappa shape index (κ2) is 14.1. The smallest absolute Gasteiger partial charge is 0.318 e. The number of halogens is 2. The lowest BCUT2D eigenvalue weighted by molar-refractivity contribution is -0.137. The third-order valence-corrected chi connectivity index (χ3v) is 9.70. The Kier molecular flexibility index (Phi) is 10.7. The van der Waals surface area contributed by atoms with Crippen molar-refractivity contribution in [3.8, 4) is 5.75 Å². The van der Waals surface area contributed by atoms with Gasteiger partial charge in [0.05, 0.1) is 22.9 Å². The highest BCUT2D eigenvalue weighted by Gasteiger charge is 2.28. The molecule has 45 heavy (non-hydrogen) atoms. The molecule has 1 atom stereocenters. The molecule has 1 saturated heterocycles. The topological polar surface area (TPSA) is 177 Å². The number of carboxylic acids is 1. The Balaban J connectivity index is 1.35. The number of phenolic OH excluding ortho intramolecular Hbond substituents is 1. The van der Waals surface area contributed by atoms with Gasteiger partial charge in [-0.05, 0) is 73.0 Å². The molecule has 1 aliphatic rings. The van der Waals surface area contributed by atoms with Crippen molar-refractivity contribution in [2.24, 2.45) is 0 Å². The minimum absolute atomic E-state index is 0.0312. The molecule has 0 radical (unpaired) electrons. The molecule has 1 aliphatic heterocycles. The van der Waals surface area contributed by atoms with Crippen molar-refractivity contribution >= 4 is 37.4 Å². The molecule has 12 nitrogen and oxygen atoms in total. The Morgan fingerprint density at radius 1 is 1.02 bits per heavy atom. The summed E-state index contributed by atoms with van der Waals surface area (Å²) in [7, 11) is -7.99. The van der Waals surface area contributed by atoms with Gasteiger partial charge in [-0.1, -0.05) is 6.07 Å². The van der Waals surface area contributed by atoms with E-state index in [2.05, 4.69) is 10.0 Å². The van der Waals surface area contributed by atoms with Crippen LogP contribution in [-0.4, -0.2) is 80.9 Å². The summed E-state index contributed by atoms with van der Waals surface area (Å²) in [6, 6.07) is 12.7. The molecule has 0 aliphatic carbocycles. The van der Waals surface area contributed by atoms with Gasteiger partial charge in [-0.15, -0.1) is 0 Å². The molecule has 0 bridgehead atoms. The number of aliphatic hydroxyl groups is 1. The number of aliphatic carboxylic acids is 1. The van der Waals surface area contributed by atoms with E-state index in [1.165, 1.54) is 30.3 Å². The first-order valence-corrected chi connectivity index (χ1v) is 17.2. The maximum Gasteiger partial charge on any atom is 0.318 e. The molecule has 5 N–H and O–H groups in total. The van der Waals surface area contributed by atoms with Crippen molar-refractivity contribution in [3.63, 3.8) is 0 Å². The monoisotopic (exact) mass is 668 g/mol. The standard InChI is InChI=1S/C29H34F2N4O8S2/c1-44(40,41)33-26-15-19(2-9-27(26)36)28(37)16-32-22-10-12-34(13-11-22)23-4-6-24(7-5-23)45(42,43)35(18-29(38)39)17-20-14-21(30)3-8-25(20)31/h2-9,14-15,22,28,32-33,36-37H,10-13,16-18H2,1H3,(H,38,39)/t28-/m1/s1. The van der Waals surface area contributed by atoms with E-state index < -0.39 is 56.8 Å². The third-order valence-electron chi connectivity index (χ3n) is 7.30. The first-order valence-electron chi connectivity index (χ1n) is 13.9. The number of sulfonamides is 2. The predicted molar refractivity (Wildman–Crippen MR) is 163 cm³/mol. The molecule has 0 aromatic heterocycles. The van der Waals surface area contributed by atoms with Crippen molar-refractivity contribution in [1.82, 2.24) is 9.62 Å². The SMILES string of the molecule is CS(=O)(=O)Nc1cc([C@H](O)CNC2CCN(c3ccc(S(=O)(=O)N(CC(=O)O)Cc4cc(F)ccc4F)cc3)CC2)ccc1O. The largest absolute Gasteiger partial charge is 0.506 e. The second-order valence-electron chi connectivity index (χ2n) is 10.7. The fourth-order valence-corrected chi connectivity index (χ4v) is 6.92. The number of carbonyl (C=O) groups is 1. The number of benzene rings is 3. The van der Waals surface area contributed by atoms with E-state index >= 15 is 0 Å². The summed E-state index contributed by atoms with van der Waals surface area (Å²) < 4.78 is 80.3. The number of hydrogen-bond acceptors (Lipinski definition) is 9. The lowest BCUT2D eigenvalue weighted by Crippen LogP contribution is -2.43. The van der Waals surface area contributed by atoms with Gasteiger partial charge in [0.1, 0.15) is 23.9 Å². The van der Waals surface area contributed by atoms with E-state index in [1.807, 2.05) is 4.90 Å². The highest BCUT2D eigenvalue weighted by molar-refractivity contribution is 7.92. The van der Waals surface area contributed by atoms with Gasteiger partial charge >= 0.3 is 5.97 Å². The molecular weight excluding hydrogens is 634 g/mol. The predicted octanol–water partition coefficient (Wildman–Crippen LogP) is 2.61. The molecule has 244 valence electrons. The van der Waals surface area contributed by atoms with Gasteiger partial charge < -0.3 is 25.5 Å². The minimum atomic E-state index is -4.37. The molecule has 0 amide bonds. The van der Waals surface area contributed by atoms with Gasteiger partial charge in [0.15, 0.2) is 0 Å². The Bertz CT molecular complexity index is 1730. The highest BCUT2D eigenvalue weighted by atomic mass is 32.2. The van der Waals surface area contributed by atoms with Crippen LogP contribution in [0.15, 0.2) is 65.6 Å². The van der Waals surface area contributed by atoms with Gasteiger partial charge in [0, 0.05) is 43.5 Å². The Morgan fingerprint density at radius 2 is 1.69 bits per heavy atom. The number of carboxylic acid groups (broad SMARTS) is 1. The molecule has 1 fully saturated rings. The Hall–Kier alpha value is -3.83. The van der Waals surface area contributed by atoms with E-state index in [9.17, 15) is 45.7 Å². The summed E-state index contributed by atoms with van der Waals surface area (Å²) in [5.74, 6) is -3.36. The second-order valence-corrected chi connectivity index (χ2v) is 14.4. The van der Waals surface area contributed by atoms with Crippen LogP contribution < -0.4 is 14.9 Å². The van der Waals surface area contributed by atoms with Gasteiger partial charge in [-0.3, -0.25) is 9.52 Å². The van der Waals surface area contributed by atoms with Crippen LogP contribution in [0.25, 0.3) is 0 Å². The number of rotatable bonds is 13. The maximum atomic E-state index is 14.2. The summed E-state index contributed by atoms with van der Waals surface area (Å²) in [6.07, 6.45) is 1.40. The Morgan fingerprint density at radius 3 is 2.31 bits per heavy atom. The summed E-state index contributed by atoms with van der Waals surface area (Å²) in [5, 5.41) is 33.1. The zero-order valence-corrected chi connectivity index (χ0v) is 25.9. The average molecular weight is 669 g/mol. The van der Waals surface area contributed by atoms with Crippen LogP contribution in [-0.2, 0) is 31.4 Å². The number of nitrogens with one attached hydrogen (secondary N) is 2. The average Bonchev–Trinajstić information content (AvgIpc) is 2.98. The molecule has 16 heteroatoms. The Labute approximate surface area is 260 Å². The number of phenols is 1. The quantitative estimate of drug-likeness (QED) is 0.170. The van der Waals surface area contributed by atoms with Crippen LogP contribution in [0.5, 0.6) is 5.75 Å². The number of nitrogens with zero attached hydrogens (tertiary/aromatic N) is 2. The van der Waals surface area contributed by atoms with Crippen molar-refractivity contribution in [2.45, 2.75) is 36.4 Å². The third kappa shape index (κ3) is 9.11. The number of aromatic hydroxyl groups is 1. The lowest BCUT2D eigenvalue weighted by Gasteiger charge is -2.34. The fourth-order valence-electron chi connectivity index (χ4n) is 4.99. The lowest BCUT2D eigenvalue weighted by atomic mass is 10.0. The van der Waals surface area contributed by atoms with Gasteiger partial charge in [0.25, 0.3) is 0 Å². The molecule has 4 rings (SSSR count). The first kappa shape index (κ1) is 34.1. The molecule has 1 heterocycles. The summed E-state index contributed by atoms with van der Waals surface area (Å²) in [5.41, 5.74) is 0.832. The van der Waals surface area contributed by atoms with Crippen molar-refractivity contribution in [1.29, 1.82) is 0 Å². The van der Waals surface area contributed by atoms with E-state index in [-0.39, 0.29) is 34.5 Å². The van der Waals surface area contributed by atoms with Crippen LogP contribution in [0.1, 0.15) is 30.1 Å². The van der Waals surface area contributed by atoms with Crippen LogP contribution >= 0.6 is 0 Å². The van der Waals surface area contributed by atoms with Crippen LogP contribution in [0, 0.1) is 11.6 Å². The molecule has 3 aromatic carbocycles. The summed E-state index contributed by atoms with van der Waals surface area (Å²) >= 11 is 0. The van der Waals surface area contributed by atoms with Gasteiger partial charge in [-0.2, -0.15) is 4.31 Å². The van der Waals surface area contributed by atoms with Crippen LogP contribution in [0.3, 0.4) is 0 Å². The molecule has 0 spiro atoms.